The molecule has 0 N–H and O–H groups in total. The van der Waals surface area contributed by atoms with E-state index in [0.29, 0.717) is 27.9 Å². The topological polar surface area (TPSA) is 86.4 Å². The Hall–Kier alpha value is -3.85. The second-order valence-electron chi connectivity index (χ2n) is 6.77. The number of anilines is 1. The fraction of sp³-hybridized carbons (Fsp3) is 0.174. The maximum atomic E-state index is 13.1. The van der Waals surface area contributed by atoms with Crippen LogP contribution in [0.2, 0.25) is 0 Å². The number of thiazole rings is 1. The number of hydrogen-bond donors (Lipinski definition) is 0. The van der Waals surface area contributed by atoms with Gasteiger partial charge in [0.1, 0.15) is 0 Å². The summed E-state index contributed by atoms with van der Waals surface area (Å²) in [6.45, 7) is 2.01. The molecule has 0 saturated carbocycles. The minimum absolute atomic E-state index is 0.155. The summed E-state index contributed by atoms with van der Waals surface area (Å²) in [6, 6.07) is 12.6. The number of carbonyl (C=O) groups is 1. The minimum Gasteiger partial charge on any atom is -0.493 e. The van der Waals surface area contributed by atoms with Crippen molar-refractivity contribution in [1.29, 1.82) is 0 Å². The maximum absolute atomic E-state index is 13.1. The predicted octanol–water partition coefficient (Wildman–Crippen LogP) is 4.90. The van der Waals surface area contributed by atoms with E-state index in [0.717, 1.165) is 15.8 Å². The molecule has 0 bridgehead atoms. The summed E-state index contributed by atoms with van der Waals surface area (Å²) < 4.78 is 22.4. The van der Waals surface area contributed by atoms with Crippen LogP contribution in [-0.2, 0) is 0 Å². The number of ether oxygens (including phenoxy) is 3. The van der Waals surface area contributed by atoms with Gasteiger partial charge >= 0.3 is 5.91 Å². The van der Waals surface area contributed by atoms with Crippen molar-refractivity contribution in [3.05, 3.63) is 65.6 Å². The first kappa shape index (κ1) is 21.4. The summed E-state index contributed by atoms with van der Waals surface area (Å²) in [6.07, 6.45) is 2.97. The van der Waals surface area contributed by atoms with Crippen LogP contribution in [0.15, 0.2) is 58.2 Å². The standard InChI is InChI=1S/C23H21N3O5S/c1-14-7-8-16-20(10-14)32-23(25-16)26(22(27)17-6-5-9-31-17)24-13-15-11-18(28-2)21(30-4)19(12-15)29-3/h5-13H,1-4H3/b24-13+. The largest absolute Gasteiger partial charge is 0.493 e. The highest BCUT2D eigenvalue weighted by Crippen LogP contribution is 2.38. The molecule has 0 radical (unpaired) electrons. The van der Waals surface area contributed by atoms with Gasteiger partial charge in [0.05, 0.1) is 44.0 Å². The molecule has 4 aromatic rings. The number of rotatable bonds is 7. The fourth-order valence-corrected chi connectivity index (χ4v) is 4.12. The first-order chi connectivity index (χ1) is 15.5. The monoisotopic (exact) mass is 451 g/mol. The number of hydrazone groups is 1. The van der Waals surface area contributed by atoms with Crippen molar-refractivity contribution >= 4 is 38.8 Å². The van der Waals surface area contributed by atoms with E-state index in [4.69, 9.17) is 18.6 Å². The van der Waals surface area contributed by atoms with E-state index in [1.54, 1.807) is 24.3 Å². The van der Waals surface area contributed by atoms with E-state index in [-0.39, 0.29) is 5.76 Å². The van der Waals surface area contributed by atoms with E-state index < -0.39 is 5.91 Å². The summed E-state index contributed by atoms with van der Waals surface area (Å²) >= 11 is 1.37. The molecule has 8 nitrogen and oxygen atoms in total. The zero-order valence-electron chi connectivity index (χ0n) is 18.0. The van der Waals surface area contributed by atoms with Crippen molar-refractivity contribution in [2.45, 2.75) is 6.92 Å². The van der Waals surface area contributed by atoms with Gasteiger partial charge in [0.25, 0.3) is 0 Å². The average Bonchev–Trinajstić information content (AvgIpc) is 3.48. The lowest BCUT2D eigenvalue weighted by Crippen LogP contribution is -2.25. The molecule has 2 aromatic heterocycles. The highest BCUT2D eigenvalue weighted by Gasteiger charge is 2.23. The van der Waals surface area contributed by atoms with Crippen LogP contribution in [-0.4, -0.2) is 38.4 Å². The summed E-state index contributed by atoms with van der Waals surface area (Å²) in [5, 5.41) is 6.09. The Kier molecular flexibility index (Phi) is 6.09. The molecule has 164 valence electrons. The van der Waals surface area contributed by atoms with Crippen molar-refractivity contribution in [3.8, 4) is 17.2 Å². The van der Waals surface area contributed by atoms with Crippen molar-refractivity contribution in [2.24, 2.45) is 5.10 Å². The molecule has 1 amide bonds. The van der Waals surface area contributed by atoms with E-state index in [1.807, 2.05) is 25.1 Å². The Balaban J connectivity index is 1.77. The first-order valence-electron chi connectivity index (χ1n) is 9.63. The molecule has 9 heteroatoms. The highest BCUT2D eigenvalue weighted by molar-refractivity contribution is 7.22. The number of aryl methyl sites for hydroxylation is 1. The molecule has 0 fully saturated rings. The molecular formula is C23H21N3O5S. The average molecular weight is 452 g/mol. The Bertz CT molecular complexity index is 1260. The molecule has 0 unspecified atom stereocenters. The van der Waals surface area contributed by atoms with Crippen LogP contribution in [0, 0.1) is 6.92 Å². The van der Waals surface area contributed by atoms with Gasteiger partial charge in [-0.3, -0.25) is 4.79 Å². The van der Waals surface area contributed by atoms with Gasteiger partial charge in [-0.1, -0.05) is 17.4 Å². The number of nitrogens with zero attached hydrogens (tertiary/aromatic N) is 3. The Labute approximate surface area is 188 Å². The van der Waals surface area contributed by atoms with E-state index in [2.05, 4.69) is 10.1 Å². The molecule has 0 atom stereocenters. The SMILES string of the molecule is COc1cc(/C=N/N(C(=O)c2ccco2)c2nc3ccc(C)cc3s2)cc(OC)c1OC. The van der Waals surface area contributed by atoms with Crippen molar-refractivity contribution < 1.29 is 23.4 Å². The van der Waals surface area contributed by atoms with Crippen molar-refractivity contribution in [2.75, 3.05) is 26.3 Å². The summed E-state index contributed by atoms with van der Waals surface area (Å²) in [7, 11) is 4.61. The van der Waals surface area contributed by atoms with Gasteiger partial charge in [-0.15, -0.1) is 0 Å². The van der Waals surface area contributed by atoms with E-state index >= 15 is 0 Å². The normalized spacial score (nSPS) is 11.1. The highest BCUT2D eigenvalue weighted by atomic mass is 32.1. The fourth-order valence-electron chi connectivity index (χ4n) is 3.10. The number of methoxy groups -OCH3 is 3. The van der Waals surface area contributed by atoms with Crippen molar-refractivity contribution in [1.82, 2.24) is 4.98 Å². The molecule has 2 aromatic carbocycles. The smallest absolute Gasteiger partial charge is 0.316 e. The number of carbonyl (C=O) groups excluding carboxylic acids is 1. The number of furan rings is 1. The molecule has 0 aliphatic heterocycles. The lowest BCUT2D eigenvalue weighted by molar-refractivity contribution is 0.0961. The first-order valence-corrected chi connectivity index (χ1v) is 10.4. The molecule has 0 spiro atoms. The second-order valence-corrected chi connectivity index (χ2v) is 7.77. The van der Waals surface area contributed by atoms with Crippen molar-refractivity contribution in [3.63, 3.8) is 0 Å². The van der Waals surface area contributed by atoms with Gasteiger partial charge in [0.15, 0.2) is 17.3 Å². The lowest BCUT2D eigenvalue weighted by atomic mass is 10.2. The molecule has 2 heterocycles. The Morgan fingerprint density at radius 1 is 1.09 bits per heavy atom. The third-order valence-corrected chi connectivity index (χ3v) is 5.64. The van der Waals surface area contributed by atoms with Crippen LogP contribution in [0.3, 0.4) is 0 Å². The third kappa shape index (κ3) is 4.15. The van der Waals surface area contributed by atoms with Gasteiger partial charge in [-0.2, -0.15) is 10.1 Å². The second kappa shape index (κ2) is 9.11. The number of amides is 1. The van der Waals surface area contributed by atoms with Crippen LogP contribution >= 0.6 is 11.3 Å². The van der Waals surface area contributed by atoms with Crippen LogP contribution < -0.4 is 19.2 Å². The minimum atomic E-state index is -0.436. The number of benzene rings is 2. The number of aromatic nitrogens is 1. The molecule has 0 saturated heterocycles. The number of fused-ring (bicyclic) bond motifs is 1. The van der Waals surface area contributed by atoms with Crippen LogP contribution in [0.5, 0.6) is 17.2 Å². The van der Waals surface area contributed by atoms with Gasteiger partial charge in [0, 0.05) is 5.56 Å². The Morgan fingerprint density at radius 3 is 2.47 bits per heavy atom. The van der Waals surface area contributed by atoms with Crippen LogP contribution in [0.1, 0.15) is 21.7 Å². The van der Waals surface area contributed by atoms with E-state index in [1.165, 1.54) is 50.2 Å². The summed E-state index contributed by atoms with van der Waals surface area (Å²) in [4.78, 5) is 17.7. The van der Waals surface area contributed by atoms with Gasteiger partial charge < -0.3 is 18.6 Å². The molecule has 0 aliphatic rings. The van der Waals surface area contributed by atoms with Crippen LogP contribution in [0.4, 0.5) is 5.13 Å². The lowest BCUT2D eigenvalue weighted by Gasteiger charge is -2.14. The maximum Gasteiger partial charge on any atom is 0.316 e. The quantitative estimate of drug-likeness (QED) is 0.293. The summed E-state index contributed by atoms with van der Waals surface area (Å²) in [5.74, 6) is 1.15. The predicted molar refractivity (Wildman–Crippen MR) is 124 cm³/mol. The summed E-state index contributed by atoms with van der Waals surface area (Å²) in [5.41, 5.74) is 2.54. The van der Waals surface area contributed by atoms with Gasteiger partial charge in [0.2, 0.25) is 10.9 Å². The van der Waals surface area contributed by atoms with Gasteiger partial charge in [-0.05, 0) is 48.9 Å². The van der Waals surface area contributed by atoms with E-state index in [9.17, 15) is 4.79 Å². The molecule has 32 heavy (non-hydrogen) atoms. The van der Waals surface area contributed by atoms with Crippen LogP contribution in [0.25, 0.3) is 10.2 Å². The third-order valence-electron chi connectivity index (χ3n) is 4.65. The molecule has 4 rings (SSSR count). The Morgan fingerprint density at radius 2 is 1.84 bits per heavy atom. The zero-order valence-corrected chi connectivity index (χ0v) is 18.8. The zero-order chi connectivity index (χ0) is 22.7. The van der Waals surface area contributed by atoms with Gasteiger partial charge in [-0.25, -0.2) is 4.98 Å². The number of hydrogen-bond acceptors (Lipinski definition) is 8. The molecular weight excluding hydrogens is 430 g/mol. The molecule has 0 aliphatic carbocycles.